The summed E-state index contributed by atoms with van der Waals surface area (Å²) in [7, 11) is 1.56. The first-order valence-electron chi connectivity index (χ1n) is 6.81. The van der Waals surface area contributed by atoms with Gasteiger partial charge in [-0.3, -0.25) is 20.4 Å². The number of thiocarbonyl (C=S) groups is 1. The fourth-order valence-electron chi connectivity index (χ4n) is 1.62. The fourth-order valence-corrected chi connectivity index (χ4v) is 1.88. The zero-order valence-corrected chi connectivity index (χ0v) is 13.6. The predicted molar refractivity (Wildman–Crippen MR) is 87.1 cm³/mol. The minimum atomic E-state index is -0.673. The van der Waals surface area contributed by atoms with Crippen LogP contribution in [0.25, 0.3) is 0 Å². The molecule has 0 aliphatic rings. The zero-order valence-electron chi connectivity index (χ0n) is 12.8. The predicted octanol–water partition coefficient (Wildman–Crippen LogP) is 0.0857. The van der Waals surface area contributed by atoms with E-state index in [1.54, 1.807) is 7.11 Å². The molecule has 0 aliphatic carbocycles. The van der Waals surface area contributed by atoms with E-state index in [0.717, 1.165) is 0 Å². The van der Waals surface area contributed by atoms with E-state index in [0.29, 0.717) is 6.61 Å². The summed E-state index contributed by atoms with van der Waals surface area (Å²) in [4.78, 5) is 23.3. The highest BCUT2D eigenvalue weighted by Gasteiger charge is 2.12. The lowest BCUT2D eigenvalue weighted by Crippen LogP contribution is -2.52. The third-order valence-corrected chi connectivity index (χ3v) is 2.86. The maximum absolute atomic E-state index is 13.4. The average molecular weight is 342 g/mol. The maximum Gasteiger partial charge on any atom is 0.257 e. The SMILES string of the molecule is COC[C@H](C)NC(=S)NNC(=O)CNC(=O)c1ccccc1F. The largest absolute Gasteiger partial charge is 0.383 e. The van der Waals surface area contributed by atoms with Crippen LogP contribution in [0, 0.1) is 5.82 Å². The van der Waals surface area contributed by atoms with Crippen LogP contribution in [-0.2, 0) is 9.53 Å². The van der Waals surface area contributed by atoms with Crippen molar-refractivity contribution in [2.45, 2.75) is 13.0 Å². The van der Waals surface area contributed by atoms with Crippen LogP contribution in [0.3, 0.4) is 0 Å². The van der Waals surface area contributed by atoms with Crippen LogP contribution in [0.15, 0.2) is 24.3 Å². The van der Waals surface area contributed by atoms with Gasteiger partial charge in [-0.2, -0.15) is 0 Å². The Kier molecular flexibility index (Phi) is 7.92. The summed E-state index contributed by atoms with van der Waals surface area (Å²) < 4.78 is 18.3. The highest BCUT2D eigenvalue weighted by Crippen LogP contribution is 2.05. The molecule has 0 saturated heterocycles. The Balaban J connectivity index is 2.31. The molecule has 1 rings (SSSR count). The van der Waals surface area contributed by atoms with Gasteiger partial charge in [-0.1, -0.05) is 12.1 Å². The summed E-state index contributed by atoms with van der Waals surface area (Å²) in [5.41, 5.74) is 4.67. The Morgan fingerprint density at radius 1 is 1.30 bits per heavy atom. The molecule has 2 amide bonds. The molecule has 0 heterocycles. The topological polar surface area (TPSA) is 91.5 Å². The van der Waals surface area contributed by atoms with Crippen molar-refractivity contribution in [2.24, 2.45) is 0 Å². The van der Waals surface area contributed by atoms with Gasteiger partial charge in [0.1, 0.15) is 5.82 Å². The number of carbonyl (C=O) groups excluding carboxylic acids is 2. The lowest BCUT2D eigenvalue weighted by Gasteiger charge is -2.16. The Morgan fingerprint density at radius 3 is 2.65 bits per heavy atom. The molecule has 9 heteroatoms. The van der Waals surface area contributed by atoms with Crippen LogP contribution in [0.5, 0.6) is 0 Å². The van der Waals surface area contributed by atoms with Gasteiger partial charge in [0.2, 0.25) is 0 Å². The lowest BCUT2D eigenvalue weighted by molar-refractivity contribution is -0.120. The Morgan fingerprint density at radius 2 is 2.00 bits per heavy atom. The van der Waals surface area contributed by atoms with Crippen molar-refractivity contribution < 1.29 is 18.7 Å². The van der Waals surface area contributed by atoms with E-state index in [2.05, 4.69) is 21.5 Å². The maximum atomic E-state index is 13.4. The molecule has 126 valence electrons. The Hall–Kier alpha value is -2.26. The molecule has 1 aromatic rings. The van der Waals surface area contributed by atoms with Gasteiger partial charge < -0.3 is 15.4 Å². The van der Waals surface area contributed by atoms with E-state index in [1.807, 2.05) is 6.92 Å². The zero-order chi connectivity index (χ0) is 17.2. The van der Waals surface area contributed by atoms with Crippen molar-refractivity contribution in [2.75, 3.05) is 20.3 Å². The second-order valence-electron chi connectivity index (χ2n) is 4.67. The average Bonchev–Trinajstić information content (AvgIpc) is 2.51. The highest BCUT2D eigenvalue weighted by molar-refractivity contribution is 7.80. The molecule has 0 spiro atoms. The molecule has 0 radical (unpaired) electrons. The molecular formula is C14H19FN4O3S. The summed E-state index contributed by atoms with van der Waals surface area (Å²) in [6, 6.07) is 5.48. The van der Waals surface area contributed by atoms with Crippen molar-refractivity contribution in [1.82, 2.24) is 21.5 Å². The van der Waals surface area contributed by atoms with Gasteiger partial charge >= 0.3 is 0 Å². The third-order valence-electron chi connectivity index (χ3n) is 2.64. The van der Waals surface area contributed by atoms with Crippen molar-refractivity contribution in [3.05, 3.63) is 35.6 Å². The number of amides is 2. The summed E-state index contributed by atoms with van der Waals surface area (Å²) in [6.07, 6.45) is 0. The molecule has 0 bridgehead atoms. The van der Waals surface area contributed by atoms with Crippen LogP contribution in [-0.4, -0.2) is 43.2 Å². The number of hydrogen-bond donors (Lipinski definition) is 4. The molecular weight excluding hydrogens is 323 g/mol. The van der Waals surface area contributed by atoms with Gasteiger partial charge in [-0.05, 0) is 31.3 Å². The summed E-state index contributed by atoms with van der Waals surface area (Å²) in [5.74, 6) is -1.85. The van der Waals surface area contributed by atoms with Crippen molar-refractivity contribution >= 4 is 29.1 Å². The minimum absolute atomic E-state index is 0.0299. The molecule has 0 unspecified atom stereocenters. The van der Waals surface area contributed by atoms with E-state index in [4.69, 9.17) is 17.0 Å². The first kappa shape index (κ1) is 18.8. The smallest absolute Gasteiger partial charge is 0.257 e. The van der Waals surface area contributed by atoms with E-state index in [-0.39, 0.29) is 23.3 Å². The van der Waals surface area contributed by atoms with Crippen LogP contribution >= 0.6 is 12.2 Å². The molecule has 23 heavy (non-hydrogen) atoms. The third kappa shape index (κ3) is 7.02. The number of carbonyl (C=O) groups is 2. The van der Waals surface area contributed by atoms with Crippen LogP contribution in [0.4, 0.5) is 4.39 Å². The number of nitrogens with one attached hydrogen (secondary N) is 4. The van der Waals surface area contributed by atoms with Crippen LogP contribution in [0.1, 0.15) is 17.3 Å². The Labute approximate surface area is 138 Å². The molecule has 0 aromatic heterocycles. The van der Waals surface area contributed by atoms with Crippen LogP contribution < -0.4 is 21.5 Å². The normalized spacial score (nSPS) is 11.3. The number of rotatable bonds is 6. The second kappa shape index (κ2) is 9.70. The number of halogens is 1. The first-order valence-corrected chi connectivity index (χ1v) is 7.22. The van der Waals surface area contributed by atoms with Gasteiger partial charge in [0, 0.05) is 13.2 Å². The number of hydrogen-bond acceptors (Lipinski definition) is 4. The lowest BCUT2D eigenvalue weighted by atomic mass is 10.2. The monoisotopic (exact) mass is 342 g/mol. The number of hydrazine groups is 1. The summed E-state index contributed by atoms with van der Waals surface area (Å²) in [5, 5.41) is 5.40. The molecule has 4 N–H and O–H groups in total. The van der Waals surface area contributed by atoms with Gasteiger partial charge in [0.05, 0.1) is 18.7 Å². The fraction of sp³-hybridized carbons (Fsp3) is 0.357. The van der Waals surface area contributed by atoms with E-state index in [1.165, 1.54) is 24.3 Å². The number of methoxy groups -OCH3 is 1. The standard InChI is InChI=1S/C14H19FN4O3S/c1-9(8-22-2)17-14(23)19-18-12(20)7-16-13(21)10-5-3-4-6-11(10)15/h3-6,9H,7-8H2,1-2H3,(H,16,21)(H,18,20)(H2,17,19,23)/t9-/m0/s1. The van der Waals surface area contributed by atoms with Crippen molar-refractivity contribution in [1.29, 1.82) is 0 Å². The first-order chi connectivity index (χ1) is 10.9. The molecule has 1 atom stereocenters. The van der Waals surface area contributed by atoms with E-state index < -0.39 is 17.6 Å². The number of ether oxygens (including phenoxy) is 1. The van der Waals surface area contributed by atoms with Crippen molar-refractivity contribution in [3.8, 4) is 0 Å². The van der Waals surface area contributed by atoms with E-state index >= 15 is 0 Å². The highest BCUT2D eigenvalue weighted by atomic mass is 32.1. The van der Waals surface area contributed by atoms with Gasteiger partial charge in [0.25, 0.3) is 11.8 Å². The Bertz CT molecular complexity index is 571. The molecule has 0 saturated carbocycles. The van der Waals surface area contributed by atoms with Gasteiger partial charge in [-0.25, -0.2) is 4.39 Å². The summed E-state index contributed by atoms with van der Waals surface area (Å²) in [6.45, 7) is 1.98. The summed E-state index contributed by atoms with van der Waals surface area (Å²) >= 11 is 4.96. The second-order valence-corrected chi connectivity index (χ2v) is 5.07. The van der Waals surface area contributed by atoms with Gasteiger partial charge in [-0.15, -0.1) is 0 Å². The number of benzene rings is 1. The van der Waals surface area contributed by atoms with Gasteiger partial charge in [0.15, 0.2) is 5.11 Å². The molecule has 0 fully saturated rings. The van der Waals surface area contributed by atoms with E-state index in [9.17, 15) is 14.0 Å². The molecule has 7 nitrogen and oxygen atoms in total. The van der Waals surface area contributed by atoms with Crippen molar-refractivity contribution in [3.63, 3.8) is 0 Å². The quantitative estimate of drug-likeness (QED) is 0.433. The molecule has 1 aromatic carbocycles. The van der Waals surface area contributed by atoms with Crippen LogP contribution in [0.2, 0.25) is 0 Å². The molecule has 0 aliphatic heterocycles. The minimum Gasteiger partial charge on any atom is -0.383 e.